The Morgan fingerprint density at radius 2 is 2.00 bits per heavy atom. The summed E-state index contributed by atoms with van der Waals surface area (Å²) in [5.74, 6) is 0.247. The highest BCUT2D eigenvalue weighted by molar-refractivity contribution is 5.67. The molecule has 3 aromatic rings. The minimum Gasteiger partial charge on any atom is -0.367 e. The molecule has 0 saturated carbocycles. The zero-order valence-corrected chi connectivity index (χ0v) is 16.3. The molecule has 2 aromatic heterocycles. The second-order valence-electron chi connectivity index (χ2n) is 7.86. The number of H-pyrrole nitrogens is 1. The van der Waals surface area contributed by atoms with Crippen LogP contribution in [0.2, 0.25) is 0 Å². The number of hydrogen-bond donors (Lipinski definition) is 2. The molecule has 2 aliphatic rings. The van der Waals surface area contributed by atoms with Gasteiger partial charge in [0, 0.05) is 60.7 Å². The first-order valence-electron chi connectivity index (χ1n) is 9.80. The van der Waals surface area contributed by atoms with Crippen LogP contribution in [-0.4, -0.2) is 52.1 Å². The molecule has 156 valence electrons. The number of rotatable bonds is 4. The topological polar surface area (TPSA) is 60.1 Å². The number of benzene rings is 1. The Morgan fingerprint density at radius 1 is 1.13 bits per heavy atom. The van der Waals surface area contributed by atoms with Crippen molar-refractivity contribution in [2.75, 3.05) is 30.4 Å². The maximum Gasteiger partial charge on any atom is 0.418 e. The second kappa shape index (κ2) is 7.02. The predicted octanol–water partition coefficient (Wildman–Crippen LogP) is 4.13. The Labute approximate surface area is 171 Å². The van der Waals surface area contributed by atoms with Crippen LogP contribution in [0.4, 0.5) is 30.5 Å². The fourth-order valence-electron chi connectivity index (χ4n) is 4.44. The molecule has 6 nitrogen and oxygen atoms in total. The highest BCUT2D eigenvalue weighted by atomic mass is 19.4. The van der Waals surface area contributed by atoms with Crippen LogP contribution in [0.5, 0.6) is 0 Å². The first-order valence-corrected chi connectivity index (χ1v) is 9.80. The lowest BCUT2D eigenvalue weighted by atomic mass is 10.1. The highest BCUT2D eigenvalue weighted by Gasteiger charge is 2.44. The van der Waals surface area contributed by atoms with E-state index < -0.39 is 11.7 Å². The number of piperazine rings is 1. The van der Waals surface area contributed by atoms with Gasteiger partial charge < -0.3 is 15.2 Å². The Kier molecular flexibility index (Phi) is 4.43. The first-order chi connectivity index (χ1) is 14.4. The number of fused-ring (bicyclic) bond motifs is 2. The monoisotopic (exact) mass is 414 g/mol. The molecule has 9 heteroatoms. The van der Waals surface area contributed by atoms with Crippen molar-refractivity contribution in [1.82, 2.24) is 19.9 Å². The van der Waals surface area contributed by atoms with Crippen molar-refractivity contribution in [3.05, 3.63) is 54.5 Å². The molecule has 0 amide bonds. The number of halogens is 3. The van der Waals surface area contributed by atoms with Gasteiger partial charge in [0.1, 0.15) is 0 Å². The van der Waals surface area contributed by atoms with Gasteiger partial charge in [0.25, 0.3) is 0 Å². The van der Waals surface area contributed by atoms with Crippen LogP contribution >= 0.6 is 0 Å². The Bertz CT molecular complexity index is 1050. The van der Waals surface area contributed by atoms with Gasteiger partial charge in [0.15, 0.2) is 0 Å². The van der Waals surface area contributed by atoms with Gasteiger partial charge in [-0.3, -0.25) is 4.90 Å². The zero-order chi connectivity index (χ0) is 20.9. The molecule has 30 heavy (non-hydrogen) atoms. The molecule has 4 heterocycles. The summed E-state index contributed by atoms with van der Waals surface area (Å²) in [6.45, 7) is 1.42. The minimum atomic E-state index is -4.45. The van der Waals surface area contributed by atoms with Crippen LogP contribution < -0.4 is 10.2 Å². The second-order valence-corrected chi connectivity index (χ2v) is 7.86. The van der Waals surface area contributed by atoms with E-state index in [-0.39, 0.29) is 17.7 Å². The fraction of sp³-hybridized carbons (Fsp3) is 0.333. The summed E-state index contributed by atoms with van der Waals surface area (Å²) in [4.78, 5) is 15.6. The predicted molar refractivity (Wildman–Crippen MR) is 109 cm³/mol. The van der Waals surface area contributed by atoms with Crippen molar-refractivity contribution in [2.24, 2.45) is 0 Å². The Morgan fingerprint density at radius 3 is 2.67 bits per heavy atom. The number of nitrogens with zero attached hydrogens (tertiary/aromatic N) is 4. The van der Waals surface area contributed by atoms with Gasteiger partial charge in [0.2, 0.25) is 5.95 Å². The molecule has 0 unspecified atom stereocenters. The van der Waals surface area contributed by atoms with E-state index in [0.717, 1.165) is 24.6 Å². The number of nitrogens with one attached hydrogen (secondary N) is 2. The van der Waals surface area contributed by atoms with E-state index in [1.54, 1.807) is 36.8 Å². The molecule has 2 aliphatic heterocycles. The van der Waals surface area contributed by atoms with Crippen molar-refractivity contribution >= 4 is 17.3 Å². The average Bonchev–Trinajstić information content (AvgIpc) is 3.45. The summed E-state index contributed by atoms with van der Waals surface area (Å²) < 4.78 is 41.7. The van der Waals surface area contributed by atoms with Gasteiger partial charge >= 0.3 is 6.18 Å². The lowest BCUT2D eigenvalue weighted by Gasteiger charge is -2.35. The van der Waals surface area contributed by atoms with Crippen molar-refractivity contribution in [3.8, 4) is 11.3 Å². The van der Waals surface area contributed by atoms with E-state index in [0.29, 0.717) is 24.0 Å². The summed E-state index contributed by atoms with van der Waals surface area (Å²) in [5, 5.41) is 2.92. The van der Waals surface area contributed by atoms with Crippen LogP contribution in [0.25, 0.3) is 11.3 Å². The molecular formula is C21H21F3N6. The van der Waals surface area contributed by atoms with Gasteiger partial charge in [-0.25, -0.2) is 9.97 Å². The number of aromatic nitrogens is 3. The molecule has 0 aliphatic carbocycles. The SMILES string of the molecule is CN1C[C@@H]2C[C@H]1CN2c1ccc(Nc2nccc(-c3cc[nH]c3)n2)cc1C(F)(F)F. The number of likely N-dealkylation sites (N-methyl/N-ethyl adjacent to an activating group) is 1. The van der Waals surface area contributed by atoms with Crippen LogP contribution in [-0.2, 0) is 6.18 Å². The van der Waals surface area contributed by atoms with E-state index >= 15 is 0 Å². The van der Waals surface area contributed by atoms with Gasteiger partial charge in [-0.2, -0.15) is 13.2 Å². The molecule has 0 spiro atoms. The number of likely N-dealkylation sites (tertiary alicyclic amines) is 1. The van der Waals surface area contributed by atoms with E-state index in [2.05, 4.69) is 25.2 Å². The Balaban J connectivity index is 1.44. The van der Waals surface area contributed by atoms with Gasteiger partial charge in [0.05, 0.1) is 11.3 Å². The van der Waals surface area contributed by atoms with Gasteiger partial charge in [-0.1, -0.05) is 0 Å². The van der Waals surface area contributed by atoms with Crippen LogP contribution in [0.15, 0.2) is 48.9 Å². The maximum absolute atomic E-state index is 13.9. The van der Waals surface area contributed by atoms with E-state index in [1.807, 2.05) is 18.0 Å². The summed E-state index contributed by atoms with van der Waals surface area (Å²) >= 11 is 0. The fourth-order valence-corrected chi connectivity index (χ4v) is 4.44. The van der Waals surface area contributed by atoms with Gasteiger partial charge in [-0.15, -0.1) is 0 Å². The third-order valence-corrected chi connectivity index (χ3v) is 5.93. The zero-order valence-electron chi connectivity index (χ0n) is 16.3. The molecule has 2 atom stereocenters. The number of alkyl halides is 3. The van der Waals surface area contributed by atoms with Crippen LogP contribution in [0.3, 0.4) is 0 Å². The van der Waals surface area contributed by atoms with E-state index in [9.17, 15) is 13.2 Å². The quantitative estimate of drug-likeness (QED) is 0.672. The Hall–Kier alpha value is -3.07. The van der Waals surface area contributed by atoms with E-state index in [1.165, 1.54) is 0 Å². The molecule has 5 rings (SSSR count). The molecule has 2 fully saturated rings. The smallest absolute Gasteiger partial charge is 0.367 e. The normalized spacial score (nSPS) is 21.4. The summed E-state index contributed by atoms with van der Waals surface area (Å²) in [6, 6.07) is 8.42. The van der Waals surface area contributed by atoms with Crippen molar-refractivity contribution in [1.29, 1.82) is 0 Å². The van der Waals surface area contributed by atoms with Crippen LogP contribution in [0, 0.1) is 0 Å². The molecule has 2 N–H and O–H groups in total. The largest absolute Gasteiger partial charge is 0.418 e. The molecule has 2 bridgehead atoms. The lowest BCUT2D eigenvalue weighted by Crippen LogP contribution is -2.45. The first kappa shape index (κ1) is 18.9. The summed E-state index contributed by atoms with van der Waals surface area (Å²) in [6.07, 6.45) is 1.61. The third-order valence-electron chi connectivity index (χ3n) is 5.93. The standard InChI is InChI=1S/C21H21F3N6/c1-29-11-16-9-15(29)12-30(16)19-3-2-14(8-17(19)21(22,23)24)27-20-26-7-5-18(28-20)13-4-6-25-10-13/h2-8,10,15-16,25H,9,11-12H2,1H3,(H,26,27,28)/t15-,16-/m0/s1. The maximum atomic E-state index is 13.9. The van der Waals surface area contributed by atoms with Crippen molar-refractivity contribution in [3.63, 3.8) is 0 Å². The molecular weight excluding hydrogens is 393 g/mol. The van der Waals surface area contributed by atoms with Crippen LogP contribution in [0.1, 0.15) is 12.0 Å². The third kappa shape index (κ3) is 3.39. The molecule has 1 aromatic carbocycles. The number of hydrogen-bond acceptors (Lipinski definition) is 5. The average molecular weight is 414 g/mol. The summed E-state index contributed by atoms with van der Waals surface area (Å²) in [7, 11) is 2.03. The van der Waals surface area contributed by atoms with Crippen molar-refractivity contribution in [2.45, 2.75) is 24.7 Å². The molecule has 2 saturated heterocycles. The van der Waals surface area contributed by atoms with Gasteiger partial charge in [-0.05, 0) is 43.8 Å². The van der Waals surface area contributed by atoms with E-state index in [4.69, 9.17) is 0 Å². The van der Waals surface area contributed by atoms with Crippen molar-refractivity contribution < 1.29 is 13.2 Å². The number of aromatic amines is 1. The molecule has 0 radical (unpaired) electrons. The lowest BCUT2D eigenvalue weighted by molar-refractivity contribution is -0.137. The number of anilines is 3. The highest BCUT2D eigenvalue weighted by Crippen LogP contribution is 2.42. The minimum absolute atomic E-state index is 0.126. The summed E-state index contributed by atoms with van der Waals surface area (Å²) in [5.41, 5.74) is 1.47.